The summed E-state index contributed by atoms with van der Waals surface area (Å²) in [6.07, 6.45) is 1.22. The first-order valence-corrected chi connectivity index (χ1v) is 9.78. The van der Waals surface area contributed by atoms with E-state index < -0.39 is 11.0 Å². The molecule has 2 aromatic rings. The van der Waals surface area contributed by atoms with Crippen LogP contribution in [0, 0.1) is 10.1 Å². The summed E-state index contributed by atoms with van der Waals surface area (Å²) in [5.41, 5.74) is 0.719. The van der Waals surface area contributed by atoms with E-state index in [0.717, 1.165) is 5.56 Å². The maximum atomic E-state index is 12.8. The van der Waals surface area contributed by atoms with Crippen molar-refractivity contribution in [3.8, 4) is 5.88 Å². The van der Waals surface area contributed by atoms with Crippen molar-refractivity contribution in [2.45, 2.75) is 19.5 Å². The highest BCUT2D eigenvalue weighted by Gasteiger charge is 2.29. The van der Waals surface area contributed by atoms with E-state index in [9.17, 15) is 14.9 Å². The van der Waals surface area contributed by atoms with Crippen molar-refractivity contribution < 1.29 is 14.5 Å². The maximum Gasteiger partial charge on any atom is 0.350 e. The Morgan fingerprint density at radius 1 is 1.31 bits per heavy atom. The quantitative estimate of drug-likeness (QED) is 0.505. The van der Waals surface area contributed by atoms with Crippen molar-refractivity contribution >= 4 is 34.8 Å². The van der Waals surface area contributed by atoms with Crippen LogP contribution in [0.1, 0.15) is 18.5 Å². The summed E-state index contributed by atoms with van der Waals surface area (Å²) < 4.78 is 6.20. The van der Waals surface area contributed by atoms with Crippen molar-refractivity contribution in [2.75, 3.05) is 33.3 Å². The number of nitrogens with zero attached hydrogens (tertiary/aromatic N) is 5. The summed E-state index contributed by atoms with van der Waals surface area (Å²) in [5.74, 6) is -0.256. The molecule has 0 radical (unpaired) electrons. The molecule has 0 saturated carbocycles. The van der Waals surface area contributed by atoms with E-state index in [-0.39, 0.29) is 17.5 Å². The number of carbonyl (C=O) groups excluding carboxylic acids is 1. The zero-order valence-electron chi connectivity index (χ0n) is 16.0. The third-order valence-corrected chi connectivity index (χ3v) is 5.50. The third kappa shape index (κ3) is 4.80. The summed E-state index contributed by atoms with van der Waals surface area (Å²) in [6.45, 7) is 4.83. The molecule has 1 amide bonds. The summed E-state index contributed by atoms with van der Waals surface area (Å²) in [4.78, 5) is 27.3. The van der Waals surface area contributed by atoms with Crippen LogP contribution in [0.25, 0.3) is 0 Å². The molecule has 1 unspecified atom stereocenters. The Kier molecular flexibility index (Phi) is 6.61. The number of rotatable bonds is 6. The monoisotopic (exact) mass is 441 g/mol. The van der Waals surface area contributed by atoms with Crippen LogP contribution in [-0.4, -0.2) is 63.7 Å². The molecule has 0 N–H and O–H groups in total. The van der Waals surface area contributed by atoms with Gasteiger partial charge in [0, 0.05) is 42.8 Å². The molecule has 2 heterocycles. The van der Waals surface area contributed by atoms with E-state index in [1.54, 1.807) is 17.9 Å². The second kappa shape index (κ2) is 8.98. The van der Waals surface area contributed by atoms with Crippen molar-refractivity contribution in [3.05, 3.63) is 50.1 Å². The van der Waals surface area contributed by atoms with Crippen LogP contribution in [0.15, 0.2) is 24.4 Å². The molecular weight excluding hydrogens is 421 g/mol. The van der Waals surface area contributed by atoms with Gasteiger partial charge >= 0.3 is 11.6 Å². The fourth-order valence-corrected chi connectivity index (χ4v) is 3.70. The number of carbonyl (C=O) groups is 1. The predicted molar refractivity (Wildman–Crippen MR) is 108 cm³/mol. The van der Waals surface area contributed by atoms with Crippen LogP contribution in [0.5, 0.6) is 5.88 Å². The van der Waals surface area contributed by atoms with E-state index >= 15 is 0 Å². The van der Waals surface area contributed by atoms with Gasteiger partial charge in [0.2, 0.25) is 5.91 Å². The number of nitro groups is 1. The van der Waals surface area contributed by atoms with Gasteiger partial charge in [-0.15, -0.1) is 5.10 Å². The Bertz CT molecular complexity index is 912. The predicted octanol–water partition coefficient (Wildman–Crippen LogP) is 3.01. The number of hydrogen-bond acceptors (Lipinski definition) is 6. The van der Waals surface area contributed by atoms with Crippen LogP contribution in [0.3, 0.4) is 0 Å². The number of benzene rings is 1. The molecular formula is C18H21Cl2N5O4. The molecule has 0 aliphatic carbocycles. The second-order valence-electron chi connectivity index (χ2n) is 6.77. The summed E-state index contributed by atoms with van der Waals surface area (Å²) in [7, 11) is 1.30. The van der Waals surface area contributed by atoms with E-state index in [2.05, 4.69) is 10.00 Å². The second-order valence-corrected chi connectivity index (χ2v) is 7.62. The lowest BCUT2D eigenvalue weighted by molar-refractivity contribution is -0.385. The van der Waals surface area contributed by atoms with E-state index in [1.807, 2.05) is 12.1 Å². The van der Waals surface area contributed by atoms with Gasteiger partial charge in [-0.2, -0.15) is 0 Å². The molecule has 3 rings (SSSR count). The molecule has 0 spiro atoms. The highest BCUT2D eigenvalue weighted by molar-refractivity contribution is 6.35. The van der Waals surface area contributed by atoms with E-state index in [4.69, 9.17) is 27.9 Å². The van der Waals surface area contributed by atoms with Gasteiger partial charge < -0.3 is 9.64 Å². The third-order valence-electron chi connectivity index (χ3n) is 4.92. The van der Waals surface area contributed by atoms with Gasteiger partial charge in [-0.05, 0) is 24.6 Å². The molecule has 1 aliphatic rings. The van der Waals surface area contributed by atoms with Gasteiger partial charge in [-0.1, -0.05) is 29.3 Å². The highest BCUT2D eigenvalue weighted by atomic mass is 35.5. The molecule has 9 nitrogen and oxygen atoms in total. The van der Waals surface area contributed by atoms with E-state index in [1.165, 1.54) is 18.0 Å². The van der Waals surface area contributed by atoms with Gasteiger partial charge in [-0.25, -0.2) is 4.68 Å². The van der Waals surface area contributed by atoms with Crippen LogP contribution < -0.4 is 4.74 Å². The summed E-state index contributed by atoms with van der Waals surface area (Å²) in [5, 5.41) is 16.3. The molecule has 1 aromatic heterocycles. The molecule has 156 valence electrons. The van der Waals surface area contributed by atoms with Gasteiger partial charge in [0.05, 0.1) is 12.0 Å². The number of methoxy groups -OCH3 is 1. The molecule has 1 saturated heterocycles. The fraction of sp³-hybridized carbons (Fsp3) is 0.444. The molecule has 1 aliphatic heterocycles. The van der Waals surface area contributed by atoms with Crippen molar-refractivity contribution in [1.29, 1.82) is 0 Å². The van der Waals surface area contributed by atoms with Crippen LogP contribution in [-0.2, 0) is 11.3 Å². The van der Waals surface area contributed by atoms with Crippen LogP contribution in [0.2, 0.25) is 10.0 Å². The Balaban J connectivity index is 1.60. The van der Waals surface area contributed by atoms with Crippen molar-refractivity contribution in [3.63, 3.8) is 0 Å². The lowest BCUT2D eigenvalue weighted by atomic mass is 10.2. The molecule has 1 atom stereocenters. The number of ether oxygens (including phenoxy) is 1. The number of aromatic nitrogens is 2. The zero-order valence-corrected chi connectivity index (χ0v) is 17.6. The standard InChI is InChI=1S/C18H21Cl2N5O4/c1-12(24-11-16(25(27)28)17(21-24)29-2)18(26)23-7-5-22(6-8-23)10-13-3-4-14(19)9-15(13)20/h3-4,9,11-12H,5-8,10H2,1-2H3. The topological polar surface area (TPSA) is 93.7 Å². The number of halogens is 2. The lowest BCUT2D eigenvalue weighted by Gasteiger charge is -2.36. The van der Waals surface area contributed by atoms with Gasteiger partial charge in [0.1, 0.15) is 12.2 Å². The largest absolute Gasteiger partial charge is 0.475 e. The average Bonchev–Trinajstić information content (AvgIpc) is 3.14. The molecule has 0 bridgehead atoms. The van der Waals surface area contributed by atoms with Gasteiger partial charge in [-0.3, -0.25) is 19.8 Å². The Morgan fingerprint density at radius 2 is 2.00 bits per heavy atom. The van der Waals surface area contributed by atoms with Crippen LogP contribution in [0.4, 0.5) is 5.69 Å². The molecule has 11 heteroatoms. The number of amides is 1. The SMILES string of the molecule is COc1nn(C(C)C(=O)N2CCN(Cc3ccc(Cl)cc3Cl)CC2)cc1[N+](=O)[O-]. The molecule has 1 aromatic carbocycles. The van der Waals surface area contributed by atoms with Gasteiger partial charge in [0.15, 0.2) is 0 Å². The Hall–Kier alpha value is -2.36. The first-order valence-electron chi connectivity index (χ1n) is 9.02. The lowest BCUT2D eigenvalue weighted by Crippen LogP contribution is -2.50. The number of hydrogen-bond donors (Lipinski definition) is 0. The normalized spacial score (nSPS) is 15.9. The summed E-state index contributed by atoms with van der Waals surface area (Å²) >= 11 is 12.2. The zero-order chi connectivity index (χ0) is 21.1. The Labute approximate surface area is 177 Å². The maximum absolute atomic E-state index is 12.8. The highest BCUT2D eigenvalue weighted by Crippen LogP contribution is 2.27. The first kappa shape index (κ1) is 21.4. The minimum atomic E-state index is -0.671. The first-order chi connectivity index (χ1) is 13.8. The molecule has 29 heavy (non-hydrogen) atoms. The number of piperazine rings is 1. The van der Waals surface area contributed by atoms with E-state index in [0.29, 0.717) is 42.8 Å². The minimum Gasteiger partial charge on any atom is -0.475 e. The Morgan fingerprint density at radius 3 is 2.55 bits per heavy atom. The van der Waals surface area contributed by atoms with Crippen LogP contribution >= 0.6 is 23.2 Å². The summed E-state index contributed by atoms with van der Waals surface area (Å²) in [6, 6.07) is 4.76. The average molecular weight is 442 g/mol. The fourth-order valence-electron chi connectivity index (χ4n) is 3.23. The minimum absolute atomic E-state index is 0.112. The van der Waals surface area contributed by atoms with Crippen molar-refractivity contribution in [2.24, 2.45) is 0 Å². The van der Waals surface area contributed by atoms with Crippen molar-refractivity contribution in [1.82, 2.24) is 19.6 Å². The molecule has 1 fully saturated rings. The van der Waals surface area contributed by atoms with Gasteiger partial charge in [0.25, 0.3) is 0 Å². The smallest absolute Gasteiger partial charge is 0.350 e.